The van der Waals surface area contributed by atoms with Crippen molar-refractivity contribution in [1.29, 1.82) is 0 Å². The van der Waals surface area contributed by atoms with Gasteiger partial charge in [0.2, 0.25) is 11.8 Å². The summed E-state index contributed by atoms with van der Waals surface area (Å²) < 4.78 is 16.4. The van der Waals surface area contributed by atoms with Crippen molar-refractivity contribution in [3.63, 3.8) is 0 Å². The van der Waals surface area contributed by atoms with E-state index in [0.29, 0.717) is 41.9 Å². The minimum Gasteiger partial charge on any atom is -0.481 e. The highest BCUT2D eigenvalue weighted by molar-refractivity contribution is 6.05. The van der Waals surface area contributed by atoms with E-state index in [1.54, 1.807) is 30.6 Å². The lowest BCUT2D eigenvalue weighted by molar-refractivity contribution is 0.0237. The van der Waals surface area contributed by atoms with Gasteiger partial charge >= 0.3 is 0 Å². The molecule has 1 saturated heterocycles. The fourth-order valence-electron chi connectivity index (χ4n) is 2.53. The van der Waals surface area contributed by atoms with E-state index < -0.39 is 0 Å². The Hall–Kier alpha value is -2.87. The van der Waals surface area contributed by atoms with Crippen LogP contribution < -0.4 is 20.9 Å². The van der Waals surface area contributed by atoms with E-state index in [2.05, 4.69) is 15.0 Å². The number of hydrogen-bond acceptors (Lipinski definition) is 7. The zero-order valence-electron chi connectivity index (χ0n) is 14.0. The molecular weight excluding hydrogens is 322 g/mol. The molecule has 1 aliphatic heterocycles. The third kappa shape index (κ3) is 4.16. The van der Waals surface area contributed by atoms with Crippen molar-refractivity contribution < 1.29 is 14.2 Å². The first-order chi connectivity index (χ1) is 12.2. The molecular formula is C17H21N5O3. The summed E-state index contributed by atoms with van der Waals surface area (Å²) in [6.07, 6.45) is 4.81. The molecule has 2 aromatic heterocycles. The fourth-order valence-corrected chi connectivity index (χ4v) is 2.53. The van der Waals surface area contributed by atoms with Gasteiger partial charge in [-0.3, -0.25) is 0 Å². The maximum atomic E-state index is 6.19. The van der Waals surface area contributed by atoms with Gasteiger partial charge in [-0.15, -0.1) is 0 Å². The normalized spacial score (nSPS) is 15.8. The molecule has 8 nitrogen and oxygen atoms in total. The van der Waals surface area contributed by atoms with Crippen LogP contribution in [0.5, 0.6) is 11.8 Å². The maximum absolute atomic E-state index is 6.19. The zero-order valence-corrected chi connectivity index (χ0v) is 14.0. The van der Waals surface area contributed by atoms with Crippen molar-refractivity contribution >= 4 is 17.2 Å². The van der Waals surface area contributed by atoms with Crippen molar-refractivity contribution in [2.24, 2.45) is 10.7 Å². The maximum Gasteiger partial charge on any atom is 0.226 e. The highest BCUT2D eigenvalue weighted by Crippen LogP contribution is 2.26. The van der Waals surface area contributed by atoms with Gasteiger partial charge in [0.05, 0.1) is 26.0 Å². The number of rotatable bonds is 5. The third-order valence-corrected chi connectivity index (χ3v) is 3.83. The molecule has 0 aromatic carbocycles. The van der Waals surface area contributed by atoms with Gasteiger partial charge in [-0.2, -0.15) is 0 Å². The lowest BCUT2D eigenvalue weighted by Gasteiger charge is -2.24. The van der Waals surface area contributed by atoms with E-state index in [1.165, 1.54) is 7.11 Å². The Labute approximate surface area is 145 Å². The molecule has 0 bridgehead atoms. The molecule has 1 aliphatic rings. The van der Waals surface area contributed by atoms with E-state index in [4.69, 9.17) is 25.7 Å². The van der Waals surface area contributed by atoms with E-state index in [0.717, 1.165) is 12.8 Å². The minimum absolute atomic E-state index is 0.0237. The summed E-state index contributed by atoms with van der Waals surface area (Å²) in [6, 6.07) is 5.07. The summed E-state index contributed by atoms with van der Waals surface area (Å²) in [5, 5.41) is 0. The molecule has 0 amide bonds. The van der Waals surface area contributed by atoms with Crippen molar-refractivity contribution in [3.05, 3.63) is 36.2 Å². The number of hydrogen-bond donors (Lipinski definition) is 2. The van der Waals surface area contributed by atoms with Gasteiger partial charge in [-0.05, 0) is 12.1 Å². The van der Waals surface area contributed by atoms with Crippen LogP contribution in [0.25, 0.3) is 0 Å². The second-order valence-electron chi connectivity index (χ2n) is 5.56. The molecule has 0 atom stereocenters. The Balaban J connectivity index is 1.90. The first-order valence-electron chi connectivity index (χ1n) is 8.01. The Morgan fingerprint density at radius 1 is 1.24 bits per heavy atom. The molecule has 2 aromatic rings. The van der Waals surface area contributed by atoms with Crippen LogP contribution in [0.1, 0.15) is 18.4 Å². The van der Waals surface area contributed by atoms with Crippen LogP contribution in [0, 0.1) is 0 Å². The summed E-state index contributed by atoms with van der Waals surface area (Å²) >= 11 is 0. The number of nitrogen functional groups attached to an aromatic ring is 1. The van der Waals surface area contributed by atoms with Crippen molar-refractivity contribution in [2.75, 3.05) is 26.1 Å². The van der Waals surface area contributed by atoms with Crippen molar-refractivity contribution in [3.8, 4) is 11.8 Å². The minimum atomic E-state index is 0.0237. The zero-order chi connectivity index (χ0) is 17.6. The predicted molar refractivity (Wildman–Crippen MR) is 94.3 cm³/mol. The highest BCUT2D eigenvalue weighted by atomic mass is 16.5. The van der Waals surface area contributed by atoms with Crippen LogP contribution in [0.4, 0.5) is 11.4 Å². The van der Waals surface area contributed by atoms with Gasteiger partial charge in [0.15, 0.2) is 0 Å². The predicted octanol–water partition coefficient (Wildman–Crippen LogP) is 1.66. The first-order valence-corrected chi connectivity index (χ1v) is 8.01. The van der Waals surface area contributed by atoms with Crippen LogP contribution in [0.15, 0.2) is 35.6 Å². The number of amidine groups is 1. The topological polar surface area (TPSA) is 118 Å². The van der Waals surface area contributed by atoms with Crippen molar-refractivity contribution in [2.45, 2.75) is 18.9 Å². The molecule has 1 fully saturated rings. The van der Waals surface area contributed by atoms with Crippen LogP contribution in [0.3, 0.4) is 0 Å². The Morgan fingerprint density at radius 2 is 2.00 bits per heavy atom. The van der Waals surface area contributed by atoms with Gasteiger partial charge in [-0.25, -0.2) is 15.0 Å². The molecule has 4 N–H and O–H groups in total. The summed E-state index contributed by atoms with van der Waals surface area (Å²) in [5.74, 6) is 1.06. The summed E-state index contributed by atoms with van der Waals surface area (Å²) in [5.41, 5.74) is 13.8. The Kier molecular flexibility index (Phi) is 5.30. The monoisotopic (exact) mass is 343 g/mol. The van der Waals surface area contributed by atoms with Crippen LogP contribution >= 0.6 is 0 Å². The molecule has 0 radical (unpaired) electrons. The Bertz CT molecular complexity index is 760. The van der Waals surface area contributed by atoms with E-state index in [-0.39, 0.29) is 11.9 Å². The number of nitrogens with zero attached hydrogens (tertiary/aromatic N) is 3. The quantitative estimate of drug-likeness (QED) is 0.626. The number of ether oxygens (including phenoxy) is 3. The molecule has 132 valence electrons. The van der Waals surface area contributed by atoms with Gasteiger partial charge < -0.3 is 25.7 Å². The molecule has 25 heavy (non-hydrogen) atoms. The average Bonchev–Trinajstić information content (AvgIpc) is 2.62. The van der Waals surface area contributed by atoms with Gasteiger partial charge in [0.1, 0.15) is 17.5 Å². The number of nitrogens with two attached hydrogens (primary N) is 2. The second-order valence-corrected chi connectivity index (χ2v) is 5.56. The number of pyridine rings is 2. The number of anilines is 1. The van der Waals surface area contributed by atoms with Crippen LogP contribution in [-0.4, -0.2) is 42.2 Å². The van der Waals surface area contributed by atoms with Crippen molar-refractivity contribution in [1.82, 2.24) is 9.97 Å². The lowest BCUT2D eigenvalue weighted by Crippen LogP contribution is -2.28. The largest absolute Gasteiger partial charge is 0.481 e. The molecule has 0 saturated carbocycles. The SMILES string of the molecule is COc1cc(N=C(N)c2c(N)ccnc2OC2CCOCC2)ccn1. The smallest absolute Gasteiger partial charge is 0.226 e. The fraction of sp³-hybridized carbons (Fsp3) is 0.353. The summed E-state index contributed by atoms with van der Waals surface area (Å²) in [7, 11) is 1.54. The van der Waals surface area contributed by atoms with Crippen LogP contribution in [-0.2, 0) is 4.74 Å². The third-order valence-electron chi connectivity index (χ3n) is 3.83. The van der Waals surface area contributed by atoms with E-state index in [1.807, 2.05) is 0 Å². The highest BCUT2D eigenvalue weighted by Gasteiger charge is 2.20. The molecule has 3 rings (SSSR count). The van der Waals surface area contributed by atoms with Crippen LogP contribution in [0.2, 0.25) is 0 Å². The van der Waals surface area contributed by atoms with Gasteiger partial charge in [0, 0.05) is 37.0 Å². The molecule has 0 aliphatic carbocycles. The standard InChI is InChI=1S/C17H21N5O3/c1-23-14-10-11(2-6-20-14)22-16(19)15-13(18)3-7-21-17(15)25-12-4-8-24-9-5-12/h2-3,6-7,10,12H,4-5,8-9H2,1H3,(H2,18,21)(H2,19,20,22). The average molecular weight is 343 g/mol. The van der Waals surface area contributed by atoms with E-state index in [9.17, 15) is 0 Å². The second kappa shape index (κ2) is 7.80. The van der Waals surface area contributed by atoms with Gasteiger partial charge in [-0.1, -0.05) is 0 Å². The molecule has 0 unspecified atom stereocenters. The van der Waals surface area contributed by atoms with E-state index >= 15 is 0 Å². The number of aromatic nitrogens is 2. The molecule has 8 heteroatoms. The van der Waals surface area contributed by atoms with Gasteiger partial charge in [0.25, 0.3) is 0 Å². The first kappa shape index (κ1) is 17.0. The Morgan fingerprint density at radius 3 is 2.76 bits per heavy atom. The summed E-state index contributed by atoms with van der Waals surface area (Å²) in [4.78, 5) is 12.7. The number of methoxy groups -OCH3 is 1. The molecule has 3 heterocycles. The molecule has 0 spiro atoms. The number of aliphatic imine (C=N–C) groups is 1. The summed E-state index contributed by atoms with van der Waals surface area (Å²) in [6.45, 7) is 1.34. The lowest BCUT2D eigenvalue weighted by atomic mass is 10.1.